The predicted octanol–water partition coefficient (Wildman–Crippen LogP) is 6.22. The lowest BCUT2D eigenvalue weighted by Crippen LogP contribution is -2.34. The molecule has 194 valence electrons. The van der Waals surface area contributed by atoms with Crippen LogP contribution in [0.5, 0.6) is 0 Å². The number of carbonyl (C=O) groups is 1. The van der Waals surface area contributed by atoms with Gasteiger partial charge in [0.25, 0.3) is 0 Å². The smallest absolute Gasteiger partial charge is 0.219 e. The van der Waals surface area contributed by atoms with Gasteiger partial charge in [0.2, 0.25) is 11.4 Å². The molecule has 2 aromatic carbocycles. The molecular weight excluding hydrogens is 476 g/mol. The molecule has 1 aliphatic heterocycles. The van der Waals surface area contributed by atoms with Crippen LogP contribution in [-0.2, 0) is 11.3 Å². The van der Waals surface area contributed by atoms with Gasteiger partial charge in [0.1, 0.15) is 6.54 Å². The molecule has 2 heterocycles. The molecule has 0 atom stereocenters. The lowest BCUT2D eigenvalue weighted by molar-refractivity contribution is -0.671. The summed E-state index contributed by atoms with van der Waals surface area (Å²) < 4.78 is 2.33. The quantitative estimate of drug-likeness (QED) is 0.210. The Labute approximate surface area is 225 Å². The molecule has 3 aromatic rings. The molecular formula is C31H39N4OS+. The van der Waals surface area contributed by atoms with Crippen molar-refractivity contribution in [2.24, 2.45) is 0 Å². The van der Waals surface area contributed by atoms with Crippen LogP contribution in [0.4, 0.5) is 5.69 Å². The molecule has 1 amide bonds. The summed E-state index contributed by atoms with van der Waals surface area (Å²) in [6.45, 7) is 5.95. The number of thioether (sulfide) groups is 1. The number of benzene rings is 2. The normalized spacial score (nSPS) is 14.0. The fourth-order valence-electron chi connectivity index (χ4n) is 4.47. The van der Waals surface area contributed by atoms with Crippen LogP contribution in [0, 0.1) is 0 Å². The van der Waals surface area contributed by atoms with E-state index in [-0.39, 0.29) is 5.91 Å². The zero-order valence-corrected chi connectivity index (χ0v) is 22.9. The van der Waals surface area contributed by atoms with Gasteiger partial charge < -0.3 is 15.5 Å². The van der Waals surface area contributed by atoms with Crippen molar-refractivity contribution in [3.63, 3.8) is 0 Å². The number of para-hydroxylation sites is 2. The van der Waals surface area contributed by atoms with Crippen LogP contribution >= 0.6 is 11.8 Å². The maximum Gasteiger partial charge on any atom is 0.219 e. The number of amides is 1. The monoisotopic (exact) mass is 515 g/mol. The molecule has 37 heavy (non-hydrogen) atoms. The first-order valence-electron chi connectivity index (χ1n) is 13.4. The number of allylic oxidation sites excluding steroid dienone is 2. The second kappa shape index (κ2) is 14.0. The van der Waals surface area contributed by atoms with Crippen molar-refractivity contribution in [1.29, 1.82) is 0 Å². The molecule has 0 spiro atoms. The molecule has 1 aliphatic rings. The van der Waals surface area contributed by atoms with Crippen LogP contribution in [0.2, 0.25) is 0 Å². The molecule has 0 radical (unpaired) electrons. The highest BCUT2D eigenvalue weighted by Crippen LogP contribution is 2.40. The minimum absolute atomic E-state index is 0.179. The summed E-state index contributed by atoms with van der Waals surface area (Å²) in [4.78, 5) is 15.6. The van der Waals surface area contributed by atoms with Crippen molar-refractivity contribution in [3.05, 3.63) is 83.5 Å². The van der Waals surface area contributed by atoms with E-state index in [2.05, 4.69) is 113 Å². The van der Waals surface area contributed by atoms with Gasteiger partial charge in [0, 0.05) is 36.4 Å². The van der Waals surface area contributed by atoms with E-state index in [0.717, 1.165) is 56.9 Å². The van der Waals surface area contributed by atoms with E-state index in [9.17, 15) is 4.79 Å². The Kier molecular flexibility index (Phi) is 10.2. The highest BCUT2D eigenvalue weighted by atomic mass is 32.2. The molecule has 4 rings (SSSR count). The van der Waals surface area contributed by atoms with Gasteiger partial charge in [-0.15, -0.1) is 0 Å². The van der Waals surface area contributed by atoms with Crippen LogP contribution in [0.1, 0.15) is 44.6 Å². The van der Waals surface area contributed by atoms with Crippen molar-refractivity contribution in [2.45, 2.75) is 50.5 Å². The third-order valence-corrected chi connectivity index (χ3v) is 7.76. The van der Waals surface area contributed by atoms with Crippen LogP contribution in [0.3, 0.4) is 0 Å². The van der Waals surface area contributed by atoms with Crippen LogP contribution in [-0.4, -0.2) is 37.5 Å². The molecule has 0 saturated carbocycles. The number of aryl methyl sites for hydroxylation is 1. The molecule has 0 bridgehead atoms. The van der Waals surface area contributed by atoms with Gasteiger partial charge in [-0.2, -0.15) is 4.57 Å². The topological polar surface area (TPSA) is 48.3 Å². The summed E-state index contributed by atoms with van der Waals surface area (Å²) in [5.74, 6) is 0.179. The van der Waals surface area contributed by atoms with Gasteiger partial charge in [-0.05, 0) is 69.2 Å². The van der Waals surface area contributed by atoms with E-state index in [0.29, 0.717) is 6.42 Å². The molecule has 0 aliphatic carbocycles. The maximum atomic E-state index is 12.1. The molecule has 2 N–H and O–H groups in total. The van der Waals surface area contributed by atoms with E-state index < -0.39 is 0 Å². The number of anilines is 1. The first kappa shape index (κ1) is 27.0. The Morgan fingerprint density at radius 2 is 1.89 bits per heavy atom. The minimum atomic E-state index is 0.179. The predicted molar refractivity (Wildman–Crippen MR) is 156 cm³/mol. The first-order valence-corrected chi connectivity index (χ1v) is 14.2. The number of fused-ring (bicyclic) bond motifs is 2. The minimum Gasteiger partial charge on any atom is -0.356 e. The Hall–Kier alpha value is -3.09. The average molecular weight is 516 g/mol. The zero-order valence-electron chi connectivity index (χ0n) is 22.1. The highest BCUT2D eigenvalue weighted by Gasteiger charge is 2.14. The lowest BCUT2D eigenvalue weighted by Gasteiger charge is -2.13. The molecule has 6 heteroatoms. The van der Waals surface area contributed by atoms with Crippen LogP contribution < -0.4 is 15.2 Å². The second-order valence-corrected chi connectivity index (χ2v) is 10.6. The van der Waals surface area contributed by atoms with Gasteiger partial charge in [-0.25, -0.2) is 0 Å². The van der Waals surface area contributed by atoms with Crippen molar-refractivity contribution in [1.82, 2.24) is 10.2 Å². The number of rotatable bonds is 13. The summed E-state index contributed by atoms with van der Waals surface area (Å²) in [6.07, 6.45) is 13.3. The summed E-state index contributed by atoms with van der Waals surface area (Å²) >= 11 is 1.77. The molecule has 5 nitrogen and oxygen atoms in total. The Morgan fingerprint density at radius 1 is 1.05 bits per heavy atom. The van der Waals surface area contributed by atoms with Crippen LogP contribution in [0.25, 0.3) is 17.0 Å². The summed E-state index contributed by atoms with van der Waals surface area (Å²) in [6, 6.07) is 19.2. The maximum absolute atomic E-state index is 12.1. The highest BCUT2D eigenvalue weighted by molar-refractivity contribution is 8.03. The number of nitrogens with zero attached hydrogens (tertiary/aromatic N) is 2. The van der Waals surface area contributed by atoms with Crippen molar-refractivity contribution < 1.29 is 9.36 Å². The average Bonchev–Trinajstić information content (AvgIpc) is 3.34. The lowest BCUT2D eigenvalue weighted by atomic mass is 10.1. The van der Waals surface area contributed by atoms with Gasteiger partial charge in [-0.1, -0.05) is 55.1 Å². The summed E-state index contributed by atoms with van der Waals surface area (Å²) in [5.41, 5.74) is 3.63. The van der Waals surface area contributed by atoms with Crippen molar-refractivity contribution in [2.75, 3.05) is 32.0 Å². The fourth-order valence-corrected chi connectivity index (χ4v) is 5.39. The van der Waals surface area contributed by atoms with Crippen LogP contribution in [0.15, 0.2) is 82.9 Å². The second-order valence-electron chi connectivity index (χ2n) is 9.50. The van der Waals surface area contributed by atoms with Gasteiger partial charge >= 0.3 is 0 Å². The van der Waals surface area contributed by atoms with E-state index in [1.54, 1.807) is 11.8 Å². The Bertz CT molecular complexity index is 1230. The number of unbranched alkanes of at least 4 members (excludes halogenated alkanes) is 2. The van der Waals surface area contributed by atoms with E-state index in [1.807, 2.05) is 0 Å². The number of hydrogen-bond donors (Lipinski definition) is 2. The van der Waals surface area contributed by atoms with E-state index >= 15 is 0 Å². The van der Waals surface area contributed by atoms with E-state index in [4.69, 9.17) is 0 Å². The Balaban J connectivity index is 1.25. The van der Waals surface area contributed by atoms with E-state index in [1.165, 1.54) is 27.0 Å². The number of hydrogen-bond acceptors (Lipinski definition) is 4. The number of nitrogens with one attached hydrogen (secondary N) is 2. The number of pyridine rings is 1. The first-order chi connectivity index (χ1) is 18.1. The molecule has 0 saturated heterocycles. The SMILES string of the molecule is CCN(C)CCCNC(=O)CCCCC[n+]1ccc(C=CC=C2Nc3ccccc3S2)c2ccccc21. The molecule has 0 unspecified atom stereocenters. The standard InChI is InChI=1S/C31H38N4OS/c1-3-34(2)22-12-21-32-30(36)18-5-4-10-23-35-24-20-25(26-14-6-8-16-28(26)35)13-11-19-31-33-27-15-7-9-17-29(27)37-31/h6-9,11,13-17,19-20,24H,3-5,10,12,18,21-23H2,1-2H3,(H,32,36)/p+1. The van der Waals surface area contributed by atoms with Gasteiger partial charge in [0.15, 0.2) is 6.20 Å². The molecule has 0 fully saturated rings. The van der Waals surface area contributed by atoms with Crippen molar-refractivity contribution >= 4 is 40.3 Å². The Morgan fingerprint density at radius 3 is 2.76 bits per heavy atom. The fraction of sp³-hybridized carbons (Fsp3) is 0.355. The third kappa shape index (κ3) is 7.94. The van der Waals surface area contributed by atoms with Gasteiger partial charge in [0.05, 0.1) is 16.1 Å². The molecule has 1 aromatic heterocycles. The summed E-state index contributed by atoms with van der Waals surface area (Å²) in [7, 11) is 2.11. The van der Waals surface area contributed by atoms with Gasteiger partial charge in [-0.3, -0.25) is 4.79 Å². The summed E-state index contributed by atoms with van der Waals surface area (Å²) in [5, 5.41) is 8.92. The largest absolute Gasteiger partial charge is 0.356 e. The number of carbonyl (C=O) groups excluding carboxylic acids is 1. The van der Waals surface area contributed by atoms with Crippen molar-refractivity contribution in [3.8, 4) is 0 Å². The number of aromatic nitrogens is 1. The zero-order chi connectivity index (χ0) is 25.9. The third-order valence-electron chi connectivity index (χ3n) is 6.73.